The molecule has 0 aliphatic carbocycles. The number of rotatable bonds is 3. The molecular formula is C11H23N. The molecule has 1 rings (SSSR count). The van der Waals surface area contributed by atoms with Crippen molar-refractivity contribution in [1.82, 2.24) is 4.90 Å². The lowest BCUT2D eigenvalue weighted by Gasteiger charge is -2.33. The van der Waals surface area contributed by atoms with Gasteiger partial charge in [0.2, 0.25) is 0 Å². The molecule has 1 aliphatic heterocycles. The Bertz CT molecular complexity index is 112. The third-order valence-corrected chi connectivity index (χ3v) is 3.11. The third kappa shape index (κ3) is 2.78. The van der Waals surface area contributed by atoms with E-state index in [2.05, 4.69) is 25.7 Å². The third-order valence-electron chi connectivity index (χ3n) is 3.11. The molecule has 1 fully saturated rings. The van der Waals surface area contributed by atoms with Crippen LogP contribution in [-0.4, -0.2) is 24.5 Å². The highest BCUT2D eigenvalue weighted by Gasteiger charge is 2.20. The van der Waals surface area contributed by atoms with Crippen LogP contribution in [0.2, 0.25) is 0 Å². The van der Waals surface area contributed by atoms with Crippen molar-refractivity contribution in [1.29, 1.82) is 0 Å². The first-order valence-corrected chi connectivity index (χ1v) is 5.46. The molecule has 1 aliphatic rings. The Balaban J connectivity index is 2.20. The highest BCUT2D eigenvalue weighted by molar-refractivity contribution is 4.73. The smallest absolute Gasteiger partial charge is 0.00160 e. The van der Waals surface area contributed by atoms with E-state index in [0.717, 1.165) is 11.8 Å². The molecule has 0 unspecified atom stereocenters. The molecule has 1 heteroatoms. The zero-order valence-electron chi connectivity index (χ0n) is 8.84. The Morgan fingerprint density at radius 1 is 1.25 bits per heavy atom. The first-order chi connectivity index (χ1) is 5.74. The fourth-order valence-electron chi connectivity index (χ4n) is 2.16. The summed E-state index contributed by atoms with van der Waals surface area (Å²) in [6, 6.07) is 0. The minimum atomic E-state index is 0.897. The monoisotopic (exact) mass is 169 g/mol. The van der Waals surface area contributed by atoms with Crippen LogP contribution >= 0.6 is 0 Å². The maximum atomic E-state index is 2.61. The quantitative estimate of drug-likeness (QED) is 0.628. The highest BCUT2D eigenvalue weighted by atomic mass is 15.1. The summed E-state index contributed by atoms with van der Waals surface area (Å²) in [6.07, 6.45) is 4.17. The Morgan fingerprint density at radius 3 is 2.25 bits per heavy atom. The van der Waals surface area contributed by atoms with Crippen LogP contribution < -0.4 is 0 Å². The average molecular weight is 169 g/mol. The van der Waals surface area contributed by atoms with Gasteiger partial charge in [0.1, 0.15) is 0 Å². The summed E-state index contributed by atoms with van der Waals surface area (Å²) in [7, 11) is 0. The van der Waals surface area contributed by atoms with E-state index in [-0.39, 0.29) is 0 Å². The number of hydrogen-bond acceptors (Lipinski definition) is 1. The first kappa shape index (κ1) is 10.0. The van der Waals surface area contributed by atoms with E-state index >= 15 is 0 Å². The van der Waals surface area contributed by atoms with Crippen LogP contribution in [0, 0.1) is 11.8 Å². The molecular weight excluding hydrogens is 146 g/mol. The van der Waals surface area contributed by atoms with Gasteiger partial charge in [-0.1, -0.05) is 20.8 Å². The van der Waals surface area contributed by atoms with Gasteiger partial charge < -0.3 is 4.90 Å². The zero-order chi connectivity index (χ0) is 8.97. The second kappa shape index (κ2) is 4.86. The summed E-state index contributed by atoms with van der Waals surface area (Å²) in [5, 5.41) is 0. The minimum absolute atomic E-state index is 0.897. The summed E-state index contributed by atoms with van der Waals surface area (Å²) in [6.45, 7) is 11.0. The summed E-state index contributed by atoms with van der Waals surface area (Å²) in [5.41, 5.74) is 0. The number of nitrogens with zero attached hydrogens (tertiary/aromatic N) is 1. The van der Waals surface area contributed by atoms with Gasteiger partial charge in [0.15, 0.2) is 0 Å². The van der Waals surface area contributed by atoms with Crippen molar-refractivity contribution in [2.24, 2.45) is 11.8 Å². The van der Waals surface area contributed by atoms with E-state index < -0.39 is 0 Å². The van der Waals surface area contributed by atoms with E-state index in [4.69, 9.17) is 0 Å². The predicted molar refractivity (Wildman–Crippen MR) is 54.3 cm³/mol. The molecule has 12 heavy (non-hydrogen) atoms. The predicted octanol–water partition coefficient (Wildman–Crippen LogP) is 2.76. The summed E-state index contributed by atoms with van der Waals surface area (Å²) >= 11 is 0. The summed E-state index contributed by atoms with van der Waals surface area (Å²) in [5.74, 6) is 1.90. The molecule has 1 heterocycles. The van der Waals surface area contributed by atoms with Crippen molar-refractivity contribution in [3.8, 4) is 0 Å². The van der Waals surface area contributed by atoms with Crippen molar-refractivity contribution < 1.29 is 0 Å². The molecule has 0 aromatic rings. The zero-order valence-corrected chi connectivity index (χ0v) is 8.84. The molecule has 0 spiro atoms. The van der Waals surface area contributed by atoms with Gasteiger partial charge in [-0.2, -0.15) is 0 Å². The molecule has 1 nitrogen and oxygen atoms in total. The van der Waals surface area contributed by atoms with Gasteiger partial charge in [-0.25, -0.2) is 0 Å². The van der Waals surface area contributed by atoms with Crippen LogP contribution in [0.25, 0.3) is 0 Å². The lowest BCUT2D eigenvalue weighted by atomic mass is 9.87. The molecule has 0 aromatic heterocycles. The molecule has 0 amide bonds. The first-order valence-electron chi connectivity index (χ1n) is 5.46. The Labute approximate surface area is 77.1 Å². The van der Waals surface area contributed by atoms with Crippen molar-refractivity contribution in [2.75, 3.05) is 19.6 Å². The molecule has 72 valence electrons. The largest absolute Gasteiger partial charge is 0.303 e. The maximum absolute atomic E-state index is 2.61. The Morgan fingerprint density at radius 2 is 1.83 bits per heavy atom. The van der Waals surface area contributed by atoms with Crippen molar-refractivity contribution in [3.05, 3.63) is 0 Å². The minimum Gasteiger partial charge on any atom is -0.303 e. The summed E-state index contributed by atoms with van der Waals surface area (Å²) < 4.78 is 0. The van der Waals surface area contributed by atoms with Gasteiger partial charge >= 0.3 is 0 Å². The second-order valence-corrected chi connectivity index (χ2v) is 4.42. The van der Waals surface area contributed by atoms with Crippen LogP contribution in [0.3, 0.4) is 0 Å². The standard InChI is InChI=1S/C11H23N/c1-4-7-12-8-5-11(6-9-12)10(2)3/h10-11H,4-9H2,1-3H3. The normalized spacial score (nSPS) is 22.0. The SMILES string of the molecule is CCCN1CCC(C(C)C)CC1. The Kier molecular flexibility index (Phi) is 4.07. The van der Waals surface area contributed by atoms with Crippen molar-refractivity contribution in [2.45, 2.75) is 40.0 Å². The second-order valence-electron chi connectivity index (χ2n) is 4.42. The van der Waals surface area contributed by atoms with Crippen LogP contribution in [0.4, 0.5) is 0 Å². The van der Waals surface area contributed by atoms with E-state index in [1.54, 1.807) is 0 Å². The topological polar surface area (TPSA) is 3.24 Å². The van der Waals surface area contributed by atoms with E-state index in [9.17, 15) is 0 Å². The van der Waals surface area contributed by atoms with Crippen LogP contribution in [0.5, 0.6) is 0 Å². The van der Waals surface area contributed by atoms with E-state index in [1.807, 2.05) is 0 Å². The molecule has 0 aromatic carbocycles. The highest BCUT2D eigenvalue weighted by Crippen LogP contribution is 2.24. The van der Waals surface area contributed by atoms with Gasteiger partial charge in [-0.3, -0.25) is 0 Å². The van der Waals surface area contributed by atoms with Crippen molar-refractivity contribution in [3.63, 3.8) is 0 Å². The average Bonchev–Trinajstić information content (AvgIpc) is 2.06. The van der Waals surface area contributed by atoms with E-state index in [0.29, 0.717) is 0 Å². The number of hydrogen-bond donors (Lipinski definition) is 0. The van der Waals surface area contributed by atoms with Gasteiger partial charge in [-0.05, 0) is 50.7 Å². The van der Waals surface area contributed by atoms with Gasteiger partial charge in [0.05, 0.1) is 0 Å². The lowest BCUT2D eigenvalue weighted by molar-refractivity contribution is 0.158. The molecule has 0 bridgehead atoms. The molecule has 0 N–H and O–H groups in total. The Hall–Kier alpha value is -0.0400. The number of piperidine rings is 1. The van der Waals surface area contributed by atoms with Crippen LogP contribution in [0.1, 0.15) is 40.0 Å². The summed E-state index contributed by atoms with van der Waals surface area (Å²) in [4.78, 5) is 2.61. The molecule has 0 saturated carbocycles. The van der Waals surface area contributed by atoms with Crippen LogP contribution in [-0.2, 0) is 0 Å². The van der Waals surface area contributed by atoms with Gasteiger partial charge in [-0.15, -0.1) is 0 Å². The van der Waals surface area contributed by atoms with Crippen molar-refractivity contribution >= 4 is 0 Å². The van der Waals surface area contributed by atoms with Crippen LogP contribution in [0.15, 0.2) is 0 Å². The fraction of sp³-hybridized carbons (Fsp3) is 1.00. The van der Waals surface area contributed by atoms with E-state index in [1.165, 1.54) is 38.9 Å². The molecule has 1 saturated heterocycles. The maximum Gasteiger partial charge on any atom is -0.00160 e. The van der Waals surface area contributed by atoms with Gasteiger partial charge in [0.25, 0.3) is 0 Å². The molecule has 0 atom stereocenters. The van der Waals surface area contributed by atoms with Gasteiger partial charge in [0, 0.05) is 0 Å². The lowest BCUT2D eigenvalue weighted by Crippen LogP contribution is -2.35. The number of likely N-dealkylation sites (tertiary alicyclic amines) is 1. The molecule has 0 radical (unpaired) electrons. The fourth-order valence-corrected chi connectivity index (χ4v) is 2.16.